The molecule has 2 aromatic rings. The van der Waals surface area contributed by atoms with Crippen molar-refractivity contribution in [1.29, 1.82) is 0 Å². The molecule has 3 N–H and O–H groups in total. The minimum Gasteiger partial charge on any atom is -0.366 e. The fourth-order valence-electron chi connectivity index (χ4n) is 1.63. The number of urea groups is 1. The number of halogens is 1. The monoisotopic (exact) mass is 305 g/mol. The first-order valence-electron chi connectivity index (χ1n) is 5.93. The van der Waals surface area contributed by atoms with Crippen LogP contribution in [0.3, 0.4) is 0 Å². The third kappa shape index (κ3) is 3.73. The van der Waals surface area contributed by atoms with Crippen molar-refractivity contribution in [3.8, 4) is 0 Å². The zero-order valence-corrected chi connectivity index (χ0v) is 11.7. The Kier molecular flexibility index (Phi) is 4.44. The Hall–Kier alpha value is -2.54. The normalized spacial score (nSPS) is 10.0. The third-order valence-electron chi connectivity index (χ3n) is 2.66. The summed E-state index contributed by atoms with van der Waals surface area (Å²) < 4.78 is 14.1. The molecule has 108 valence electrons. The molecule has 0 saturated heterocycles. The van der Waals surface area contributed by atoms with E-state index in [-0.39, 0.29) is 0 Å². The topological polar surface area (TPSA) is 75.4 Å². The maximum atomic E-state index is 13.0. The Morgan fingerprint density at radius 2 is 1.81 bits per heavy atom. The number of anilines is 2. The number of nitrogens with zero attached hydrogens (tertiary/aromatic N) is 1. The fourth-order valence-corrected chi connectivity index (χ4v) is 1.81. The third-order valence-corrected chi connectivity index (χ3v) is 3.08. The van der Waals surface area contributed by atoms with Gasteiger partial charge in [-0.05, 0) is 42.5 Å². The lowest BCUT2D eigenvalue weighted by molar-refractivity contribution is 0.100. The molecule has 21 heavy (non-hydrogen) atoms. The summed E-state index contributed by atoms with van der Waals surface area (Å²) in [7, 11) is 0. The molecule has 0 aromatic heterocycles. The van der Waals surface area contributed by atoms with E-state index in [2.05, 4.69) is 18.1 Å². The minimum atomic E-state index is -0.559. The summed E-state index contributed by atoms with van der Waals surface area (Å²) in [5, 5.41) is 2.50. The van der Waals surface area contributed by atoms with Gasteiger partial charge in [-0.15, -0.1) is 0 Å². The Labute approximate surface area is 126 Å². The average Bonchev–Trinajstić information content (AvgIpc) is 2.46. The van der Waals surface area contributed by atoms with E-state index in [0.717, 1.165) is 4.31 Å². The van der Waals surface area contributed by atoms with Crippen LogP contribution in [0.2, 0.25) is 0 Å². The molecule has 0 radical (unpaired) electrons. The summed E-state index contributed by atoms with van der Waals surface area (Å²) in [5.74, 6) is -1.01. The van der Waals surface area contributed by atoms with E-state index >= 15 is 0 Å². The molecule has 0 spiro atoms. The number of nitrogens with one attached hydrogen (secondary N) is 1. The minimum absolute atomic E-state index is 0.313. The van der Waals surface area contributed by atoms with Gasteiger partial charge in [0.25, 0.3) is 0 Å². The molecule has 0 heterocycles. The number of amides is 3. The molecule has 0 saturated carbocycles. The molecule has 5 nitrogen and oxygen atoms in total. The van der Waals surface area contributed by atoms with Gasteiger partial charge in [0.2, 0.25) is 5.91 Å². The van der Waals surface area contributed by atoms with Crippen molar-refractivity contribution in [2.24, 2.45) is 5.73 Å². The number of nitrogens with two attached hydrogens (primary N) is 1. The number of hydrogen-bond acceptors (Lipinski definition) is 3. The van der Waals surface area contributed by atoms with Gasteiger partial charge < -0.3 is 11.1 Å². The highest BCUT2D eigenvalue weighted by Crippen LogP contribution is 2.19. The number of carbonyl (C=O) groups is 2. The molecule has 3 amide bonds. The molecular formula is C14H12FN3O2S. The Morgan fingerprint density at radius 3 is 2.38 bits per heavy atom. The van der Waals surface area contributed by atoms with Crippen molar-refractivity contribution >= 4 is 36.1 Å². The maximum Gasteiger partial charge on any atom is 0.336 e. The van der Waals surface area contributed by atoms with Crippen LogP contribution in [0.4, 0.5) is 20.6 Å². The van der Waals surface area contributed by atoms with Crippen molar-refractivity contribution in [2.75, 3.05) is 9.62 Å². The van der Waals surface area contributed by atoms with Crippen LogP contribution >= 0.6 is 12.8 Å². The van der Waals surface area contributed by atoms with Crippen molar-refractivity contribution < 1.29 is 14.0 Å². The zero-order valence-electron chi connectivity index (χ0n) is 10.8. The van der Waals surface area contributed by atoms with E-state index in [4.69, 9.17) is 5.73 Å². The number of benzene rings is 2. The molecule has 7 heteroatoms. The van der Waals surface area contributed by atoms with Gasteiger partial charge in [-0.1, -0.05) is 18.9 Å². The second-order valence-corrected chi connectivity index (χ2v) is 4.56. The molecule has 2 aromatic carbocycles. The number of thiol groups is 1. The summed E-state index contributed by atoms with van der Waals surface area (Å²) in [6.07, 6.45) is 0. The first kappa shape index (κ1) is 14.9. The predicted molar refractivity (Wildman–Crippen MR) is 81.8 cm³/mol. The van der Waals surface area contributed by atoms with Crippen LogP contribution in [0.25, 0.3) is 0 Å². The van der Waals surface area contributed by atoms with Crippen molar-refractivity contribution in [3.63, 3.8) is 0 Å². The summed E-state index contributed by atoms with van der Waals surface area (Å²) in [4.78, 5) is 22.9. The van der Waals surface area contributed by atoms with Gasteiger partial charge >= 0.3 is 6.03 Å². The SMILES string of the molecule is NC(=O)c1ccc(N(S)C(=O)Nc2cccc(F)c2)cc1. The van der Waals surface area contributed by atoms with Crippen LogP contribution < -0.4 is 15.4 Å². The number of carbonyl (C=O) groups excluding carboxylic acids is 2. The molecule has 0 bridgehead atoms. The van der Waals surface area contributed by atoms with E-state index in [9.17, 15) is 14.0 Å². The average molecular weight is 305 g/mol. The zero-order chi connectivity index (χ0) is 15.4. The smallest absolute Gasteiger partial charge is 0.336 e. The van der Waals surface area contributed by atoms with E-state index in [1.165, 1.54) is 42.5 Å². The van der Waals surface area contributed by atoms with Gasteiger partial charge in [0, 0.05) is 11.3 Å². The van der Waals surface area contributed by atoms with Crippen LogP contribution in [0.5, 0.6) is 0 Å². The van der Waals surface area contributed by atoms with Gasteiger partial charge in [-0.25, -0.2) is 13.5 Å². The molecule has 0 fully saturated rings. The van der Waals surface area contributed by atoms with E-state index < -0.39 is 17.8 Å². The molecule has 0 aliphatic rings. The quantitative estimate of drug-likeness (QED) is 0.763. The molecule has 0 aliphatic heterocycles. The van der Waals surface area contributed by atoms with Crippen molar-refractivity contribution in [3.05, 3.63) is 59.9 Å². The Balaban J connectivity index is 2.10. The van der Waals surface area contributed by atoms with E-state index in [1.807, 2.05) is 0 Å². The van der Waals surface area contributed by atoms with Gasteiger partial charge in [0.05, 0.1) is 5.69 Å². The molecular weight excluding hydrogens is 293 g/mol. The Bertz CT molecular complexity index is 676. The van der Waals surface area contributed by atoms with Gasteiger partial charge in [0.15, 0.2) is 0 Å². The lowest BCUT2D eigenvalue weighted by atomic mass is 10.2. The van der Waals surface area contributed by atoms with Crippen LogP contribution in [0.1, 0.15) is 10.4 Å². The lowest BCUT2D eigenvalue weighted by Gasteiger charge is -2.16. The number of hydrogen-bond donors (Lipinski definition) is 3. The Morgan fingerprint density at radius 1 is 1.14 bits per heavy atom. The standard InChI is InChI=1S/C14H12FN3O2S/c15-10-2-1-3-11(8-10)17-14(20)18(21)12-6-4-9(5-7-12)13(16)19/h1-8,21H,(H2,16,19)(H,17,20). The summed E-state index contributed by atoms with van der Waals surface area (Å²) in [5.41, 5.74) is 6.21. The number of rotatable bonds is 3. The van der Waals surface area contributed by atoms with Crippen LogP contribution in [-0.4, -0.2) is 11.9 Å². The summed E-state index contributed by atoms with van der Waals surface area (Å²) in [6, 6.07) is 11.0. The van der Waals surface area contributed by atoms with Crippen LogP contribution in [0, 0.1) is 5.82 Å². The highest BCUT2D eigenvalue weighted by Gasteiger charge is 2.13. The second-order valence-electron chi connectivity index (χ2n) is 4.16. The largest absolute Gasteiger partial charge is 0.366 e. The van der Waals surface area contributed by atoms with Crippen molar-refractivity contribution in [2.45, 2.75) is 0 Å². The molecule has 0 atom stereocenters. The van der Waals surface area contributed by atoms with E-state index in [0.29, 0.717) is 16.9 Å². The van der Waals surface area contributed by atoms with Crippen LogP contribution in [-0.2, 0) is 0 Å². The first-order valence-corrected chi connectivity index (χ1v) is 6.33. The van der Waals surface area contributed by atoms with Gasteiger partial charge in [-0.3, -0.25) is 4.79 Å². The number of primary amides is 1. The van der Waals surface area contributed by atoms with E-state index in [1.54, 1.807) is 6.07 Å². The highest BCUT2D eigenvalue weighted by atomic mass is 32.1. The predicted octanol–water partition coefficient (Wildman–Crippen LogP) is 2.81. The summed E-state index contributed by atoms with van der Waals surface area (Å²) >= 11 is 4.07. The second kappa shape index (κ2) is 6.27. The lowest BCUT2D eigenvalue weighted by Crippen LogP contribution is -2.26. The van der Waals surface area contributed by atoms with Crippen molar-refractivity contribution in [1.82, 2.24) is 0 Å². The molecule has 0 unspecified atom stereocenters. The molecule has 2 rings (SSSR count). The van der Waals surface area contributed by atoms with Crippen LogP contribution in [0.15, 0.2) is 48.5 Å². The summed E-state index contributed by atoms with van der Waals surface area (Å²) in [6.45, 7) is 0. The highest BCUT2D eigenvalue weighted by molar-refractivity contribution is 7.82. The first-order chi connectivity index (χ1) is 9.97. The fraction of sp³-hybridized carbons (Fsp3) is 0. The molecule has 0 aliphatic carbocycles. The maximum absolute atomic E-state index is 13.0. The van der Waals surface area contributed by atoms with Gasteiger partial charge in [0.1, 0.15) is 5.82 Å². The van der Waals surface area contributed by atoms with Gasteiger partial charge in [-0.2, -0.15) is 0 Å².